The van der Waals surface area contributed by atoms with Crippen LogP contribution in [0.15, 0.2) is 66.8 Å². The van der Waals surface area contributed by atoms with E-state index in [4.69, 9.17) is 14.2 Å². The molecule has 1 atom stereocenters. The first-order valence-electron chi connectivity index (χ1n) is 13.1. The van der Waals surface area contributed by atoms with E-state index in [1.807, 2.05) is 38.1 Å². The summed E-state index contributed by atoms with van der Waals surface area (Å²) < 4.78 is 16.7. The lowest BCUT2D eigenvalue weighted by atomic mass is 9.95. The number of ether oxygens (including phenoxy) is 3. The molecule has 38 heavy (non-hydrogen) atoms. The average Bonchev–Trinajstić information content (AvgIpc) is 3.17. The molecule has 0 aromatic heterocycles. The fraction of sp³-hybridized carbons (Fsp3) is 0.400. The van der Waals surface area contributed by atoms with E-state index in [0.29, 0.717) is 49.8 Å². The molecule has 8 nitrogen and oxygen atoms in total. The molecule has 4 rings (SSSR count). The highest BCUT2D eigenvalue weighted by Crippen LogP contribution is 2.40. The van der Waals surface area contributed by atoms with Crippen LogP contribution < -0.4 is 9.47 Å². The minimum atomic E-state index is -0.704. The van der Waals surface area contributed by atoms with E-state index in [2.05, 4.69) is 11.5 Å². The van der Waals surface area contributed by atoms with Crippen LogP contribution >= 0.6 is 0 Å². The third-order valence-corrected chi connectivity index (χ3v) is 6.58. The van der Waals surface area contributed by atoms with Crippen molar-refractivity contribution < 1.29 is 28.9 Å². The highest BCUT2D eigenvalue weighted by Gasteiger charge is 2.45. The number of aliphatic hydroxyl groups excluding tert-OH is 1. The maximum absolute atomic E-state index is 13.3. The molecule has 2 aliphatic heterocycles. The fourth-order valence-electron chi connectivity index (χ4n) is 4.77. The molecule has 202 valence electrons. The molecule has 1 unspecified atom stereocenters. The Morgan fingerprint density at radius 3 is 2.34 bits per heavy atom. The molecule has 0 spiro atoms. The summed E-state index contributed by atoms with van der Waals surface area (Å²) >= 11 is 0. The van der Waals surface area contributed by atoms with Crippen molar-refractivity contribution in [2.75, 3.05) is 46.0 Å². The summed E-state index contributed by atoms with van der Waals surface area (Å²) in [7, 11) is 0. The molecule has 2 saturated heterocycles. The summed E-state index contributed by atoms with van der Waals surface area (Å²) in [6.45, 7) is 12.2. The Kier molecular flexibility index (Phi) is 9.20. The molecule has 0 aliphatic carbocycles. The van der Waals surface area contributed by atoms with Crippen molar-refractivity contribution in [3.8, 4) is 11.5 Å². The van der Waals surface area contributed by atoms with Gasteiger partial charge in [-0.25, -0.2) is 0 Å². The van der Waals surface area contributed by atoms with Crippen molar-refractivity contribution >= 4 is 17.4 Å². The summed E-state index contributed by atoms with van der Waals surface area (Å²) in [6.07, 6.45) is 2.37. The van der Waals surface area contributed by atoms with Crippen LogP contribution in [0, 0.1) is 0 Å². The van der Waals surface area contributed by atoms with Gasteiger partial charge in [-0.15, -0.1) is 0 Å². The zero-order chi connectivity index (χ0) is 27.1. The topological polar surface area (TPSA) is 88.5 Å². The lowest BCUT2D eigenvalue weighted by Gasteiger charge is -2.29. The van der Waals surface area contributed by atoms with Crippen LogP contribution in [0.1, 0.15) is 37.4 Å². The average molecular weight is 521 g/mol. The van der Waals surface area contributed by atoms with Crippen LogP contribution in [0.3, 0.4) is 0 Å². The molecule has 1 amide bonds. The van der Waals surface area contributed by atoms with E-state index in [-0.39, 0.29) is 17.4 Å². The Morgan fingerprint density at radius 1 is 1.05 bits per heavy atom. The normalized spacial score (nSPS) is 19.7. The van der Waals surface area contributed by atoms with Crippen LogP contribution in [0.25, 0.3) is 5.76 Å². The van der Waals surface area contributed by atoms with E-state index >= 15 is 0 Å². The van der Waals surface area contributed by atoms with E-state index in [9.17, 15) is 14.7 Å². The molecule has 2 aromatic carbocycles. The standard InChI is InChI=1S/C30H36N2O6/c1-4-18-37-24-10-8-23(9-11-24)28(33)26-27(22-6-12-25(13-7-22)38-21(2)3)32(30(35)29(26)34)15-5-14-31-16-19-36-20-17-31/h4,6-13,21,27,33H,1,5,14-20H2,2-3H3/b28-26-. The van der Waals surface area contributed by atoms with Gasteiger partial charge < -0.3 is 24.2 Å². The molecular formula is C30H36N2O6. The first kappa shape index (κ1) is 27.4. The second kappa shape index (κ2) is 12.8. The van der Waals surface area contributed by atoms with Gasteiger partial charge in [0.2, 0.25) is 0 Å². The monoisotopic (exact) mass is 520 g/mol. The number of carbonyl (C=O) groups excluding carboxylic acids is 2. The molecule has 2 fully saturated rings. The zero-order valence-corrected chi connectivity index (χ0v) is 22.1. The molecule has 2 aromatic rings. The van der Waals surface area contributed by atoms with Gasteiger partial charge in [-0.05, 0) is 62.2 Å². The number of carbonyl (C=O) groups is 2. The van der Waals surface area contributed by atoms with Crippen LogP contribution in [-0.4, -0.2) is 78.7 Å². The molecule has 1 N–H and O–H groups in total. The summed E-state index contributed by atoms with van der Waals surface area (Å²) in [5.41, 5.74) is 1.25. The SMILES string of the molecule is C=CCOc1ccc(/C(O)=C2/C(=O)C(=O)N(CCCN3CCOCC3)C2c2ccc(OC(C)C)cc2)cc1. The van der Waals surface area contributed by atoms with Gasteiger partial charge in [-0.1, -0.05) is 24.8 Å². The minimum Gasteiger partial charge on any atom is -0.507 e. The number of aliphatic hydroxyl groups is 1. The van der Waals surface area contributed by atoms with Crippen molar-refractivity contribution in [2.24, 2.45) is 0 Å². The molecule has 0 saturated carbocycles. The van der Waals surface area contributed by atoms with E-state index in [1.54, 1.807) is 35.2 Å². The Hall–Kier alpha value is -3.62. The van der Waals surface area contributed by atoms with E-state index in [0.717, 1.165) is 25.2 Å². The van der Waals surface area contributed by atoms with Crippen molar-refractivity contribution in [3.63, 3.8) is 0 Å². The Balaban J connectivity index is 1.64. The molecule has 2 aliphatic rings. The predicted molar refractivity (Wildman–Crippen MR) is 145 cm³/mol. The van der Waals surface area contributed by atoms with Gasteiger partial charge in [-0.2, -0.15) is 0 Å². The quantitative estimate of drug-likeness (QED) is 0.206. The smallest absolute Gasteiger partial charge is 0.295 e. The number of morpholine rings is 1. The van der Waals surface area contributed by atoms with Gasteiger partial charge in [0, 0.05) is 31.7 Å². The number of benzene rings is 2. The number of ketones is 1. The van der Waals surface area contributed by atoms with Crippen LogP contribution in [0.2, 0.25) is 0 Å². The second-order valence-corrected chi connectivity index (χ2v) is 9.66. The number of hydrogen-bond donors (Lipinski definition) is 1. The zero-order valence-electron chi connectivity index (χ0n) is 22.1. The Labute approximate surface area is 224 Å². The number of rotatable bonds is 11. The van der Waals surface area contributed by atoms with Gasteiger partial charge in [0.05, 0.1) is 30.9 Å². The lowest BCUT2D eigenvalue weighted by Crippen LogP contribution is -2.38. The second-order valence-electron chi connectivity index (χ2n) is 9.66. The maximum atomic E-state index is 13.3. The maximum Gasteiger partial charge on any atom is 0.295 e. The first-order chi connectivity index (χ1) is 18.4. The largest absolute Gasteiger partial charge is 0.507 e. The Morgan fingerprint density at radius 2 is 1.71 bits per heavy atom. The molecule has 0 radical (unpaired) electrons. The van der Waals surface area contributed by atoms with Crippen molar-refractivity contribution in [3.05, 3.63) is 77.9 Å². The lowest BCUT2D eigenvalue weighted by molar-refractivity contribution is -0.140. The summed E-state index contributed by atoms with van der Waals surface area (Å²) in [4.78, 5) is 30.4. The van der Waals surface area contributed by atoms with E-state index in [1.165, 1.54) is 0 Å². The number of hydrogen-bond acceptors (Lipinski definition) is 7. The number of amides is 1. The van der Waals surface area contributed by atoms with Gasteiger partial charge >= 0.3 is 0 Å². The predicted octanol–water partition coefficient (Wildman–Crippen LogP) is 4.18. The van der Waals surface area contributed by atoms with E-state index < -0.39 is 17.7 Å². The third-order valence-electron chi connectivity index (χ3n) is 6.58. The van der Waals surface area contributed by atoms with Gasteiger partial charge in [-0.3, -0.25) is 14.5 Å². The molecule has 0 bridgehead atoms. The van der Waals surface area contributed by atoms with Gasteiger partial charge in [0.15, 0.2) is 0 Å². The minimum absolute atomic E-state index is 0.0186. The highest BCUT2D eigenvalue weighted by atomic mass is 16.5. The number of Topliss-reactive ketones (excluding diaryl/α,β-unsaturated/α-hetero) is 1. The van der Waals surface area contributed by atoms with Crippen molar-refractivity contribution in [1.82, 2.24) is 9.80 Å². The summed E-state index contributed by atoms with van der Waals surface area (Å²) in [5.74, 6) is -0.187. The molecule has 8 heteroatoms. The molecular weight excluding hydrogens is 484 g/mol. The van der Waals surface area contributed by atoms with Gasteiger partial charge in [0.1, 0.15) is 23.9 Å². The summed E-state index contributed by atoms with van der Waals surface area (Å²) in [5, 5.41) is 11.3. The number of likely N-dealkylation sites (tertiary alicyclic amines) is 1. The fourth-order valence-corrected chi connectivity index (χ4v) is 4.77. The van der Waals surface area contributed by atoms with Gasteiger partial charge in [0.25, 0.3) is 11.7 Å². The molecule has 2 heterocycles. The number of nitrogens with zero attached hydrogens (tertiary/aromatic N) is 2. The van der Waals surface area contributed by atoms with Crippen LogP contribution in [-0.2, 0) is 14.3 Å². The van der Waals surface area contributed by atoms with Crippen molar-refractivity contribution in [1.29, 1.82) is 0 Å². The van der Waals surface area contributed by atoms with Crippen LogP contribution in [0.4, 0.5) is 0 Å². The van der Waals surface area contributed by atoms with Crippen molar-refractivity contribution in [2.45, 2.75) is 32.4 Å². The van der Waals surface area contributed by atoms with Crippen LogP contribution in [0.5, 0.6) is 11.5 Å². The first-order valence-corrected chi connectivity index (χ1v) is 13.1. The highest BCUT2D eigenvalue weighted by molar-refractivity contribution is 6.46. The Bertz CT molecular complexity index is 1150. The summed E-state index contributed by atoms with van der Waals surface area (Å²) in [6, 6.07) is 13.4. The third kappa shape index (κ3) is 6.44.